The Morgan fingerprint density at radius 3 is 2.54 bits per heavy atom. The van der Waals surface area contributed by atoms with Crippen molar-refractivity contribution >= 4 is 34.8 Å². The first-order valence-electron chi connectivity index (χ1n) is 8.58. The highest BCUT2D eigenvalue weighted by Crippen LogP contribution is 2.29. The van der Waals surface area contributed by atoms with Gasteiger partial charge < -0.3 is 5.32 Å². The Bertz CT molecular complexity index is 945. The summed E-state index contributed by atoms with van der Waals surface area (Å²) in [6.07, 6.45) is 7.03. The fourth-order valence-corrected chi connectivity index (χ4v) is 3.89. The molecule has 0 bridgehead atoms. The molecule has 134 valence electrons. The molecule has 0 spiro atoms. The molecule has 0 radical (unpaired) electrons. The van der Waals surface area contributed by atoms with Gasteiger partial charge in [-0.05, 0) is 42.7 Å². The Kier molecular flexibility index (Phi) is 4.78. The number of aromatic nitrogens is 4. The second-order valence-corrected chi connectivity index (χ2v) is 7.38. The van der Waals surface area contributed by atoms with Gasteiger partial charge in [-0.25, -0.2) is 0 Å². The fraction of sp³-hybridized carbons (Fsp3) is 0.333. The number of rotatable bonds is 3. The smallest absolute Gasteiger partial charge is 0.271 e. The van der Waals surface area contributed by atoms with Crippen LogP contribution >= 0.6 is 23.2 Å². The third-order valence-corrected chi connectivity index (χ3v) is 5.05. The van der Waals surface area contributed by atoms with Crippen LogP contribution in [-0.2, 0) is 0 Å². The van der Waals surface area contributed by atoms with E-state index in [0.29, 0.717) is 26.9 Å². The first-order chi connectivity index (χ1) is 12.6. The van der Waals surface area contributed by atoms with E-state index in [1.807, 2.05) is 0 Å². The first kappa shape index (κ1) is 17.2. The summed E-state index contributed by atoms with van der Waals surface area (Å²) >= 11 is 12.3. The number of carbonyl (C=O) groups excluding carboxylic acids is 1. The number of nitrogens with zero attached hydrogens (tertiary/aromatic N) is 4. The van der Waals surface area contributed by atoms with Gasteiger partial charge >= 0.3 is 0 Å². The van der Waals surface area contributed by atoms with Gasteiger partial charge in [0.15, 0.2) is 5.65 Å². The Morgan fingerprint density at radius 2 is 1.81 bits per heavy atom. The predicted octanol–water partition coefficient (Wildman–Crippen LogP) is 4.16. The van der Waals surface area contributed by atoms with Gasteiger partial charge in [0.2, 0.25) is 0 Å². The van der Waals surface area contributed by atoms with Crippen molar-refractivity contribution in [3.63, 3.8) is 0 Å². The molecule has 0 unspecified atom stereocenters. The minimum absolute atomic E-state index is 0.193. The Hall–Kier alpha value is -2.18. The highest BCUT2D eigenvalue weighted by molar-refractivity contribution is 6.35. The lowest BCUT2D eigenvalue weighted by Crippen LogP contribution is -2.36. The lowest BCUT2D eigenvalue weighted by Gasteiger charge is -2.22. The summed E-state index contributed by atoms with van der Waals surface area (Å²) in [5.74, 6) is -0.193. The lowest BCUT2D eigenvalue weighted by molar-refractivity contribution is 0.0921. The summed E-state index contributed by atoms with van der Waals surface area (Å²) in [5.41, 5.74) is 2.32. The molecule has 0 saturated heterocycles. The molecular weight excluding hydrogens is 373 g/mol. The van der Waals surface area contributed by atoms with Crippen molar-refractivity contribution in [2.75, 3.05) is 0 Å². The third kappa shape index (κ3) is 3.52. The number of carbonyl (C=O) groups is 1. The van der Waals surface area contributed by atoms with Gasteiger partial charge in [-0.3, -0.25) is 4.79 Å². The Labute approximate surface area is 160 Å². The second-order valence-electron chi connectivity index (χ2n) is 6.51. The highest BCUT2D eigenvalue weighted by atomic mass is 35.5. The average molecular weight is 390 g/mol. The van der Waals surface area contributed by atoms with Crippen LogP contribution in [0.5, 0.6) is 0 Å². The molecule has 1 aliphatic rings. The molecule has 0 atom stereocenters. The molecule has 0 aliphatic heterocycles. The zero-order valence-corrected chi connectivity index (χ0v) is 15.5. The van der Waals surface area contributed by atoms with E-state index in [9.17, 15) is 4.79 Å². The molecule has 8 heteroatoms. The fourth-order valence-electron chi connectivity index (χ4n) is 3.37. The van der Waals surface area contributed by atoms with Crippen LogP contribution in [0.2, 0.25) is 10.0 Å². The number of nitrogens with one attached hydrogen (secondary N) is 1. The van der Waals surface area contributed by atoms with Crippen LogP contribution in [-0.4, -0.2) is 31.8 Å². The minimum Gasteiger partial charge on any atom is -0.348 e. The molecule has 1 aromatic carbocycles. The summed E-state index contributed by atoms with van der Waals surface area (Å²) in [4.78, 5) is 12.7. The maximum atomic E-state index is 12.7. The summed E-state index contributed by atoms with van der Waals surface area (Å²) < 4.78 is 1.50. The van der Waals surface area contributed by atoms with Crippen molar-refractivity contribution in [1.29, 1.82) is 0 Å². The summed E-state index contributed by atoms with van der Waals surface area (Å²) in [5, 5.41) is 16.5. The van der Waals surface area contributed by atoms with Crippen molar-refractivity contribution in [3.8, 4) is 11.1 Å². The summed E-state index contributed by atoms with van der Waals surface area (Å²) in [6, 6.07) is 7.13. The van der Waals surface area contributed by atoms with E-state index in [2.05, 4.69) is 20.6 Å². The van der Waals surface area contributed by atoms with Gasteiger partial charge in [0.25, 0.3) is 5.91 Å². The van der Waals surface area contributed by atoms with Crippen molar-refractivity contribution < 1.29 is 4.79 Å². The molecule has 1 fully saturated rings. The van der Waals surface area contributed by atoms with Crippen molar-refractivity contribution in [2.45, 2.75) is 38.1 Å². The molecule has 1 saturated carbocycles. The van der Waals surface area contributed by atoms with Crippen LogP contribution in [0.15, 0.2) is 30.6 Å². The number of fused-ring (bicyclic) bond motifs is 1. The van der Waals surface area contributed by atoms with Crippen LogP contribution in [0.1, 0.15) is 42.6 Å². The Morgan fingerprint density at radius 1 is 1.08 bits per heavy atom. The van der Waals surface area contributed by atoms with Crippen LogP contribution < -0.4 is 5.32 Å². The average Bonchev–Trinajstić information content (AvgIpc) is 3.09. The Balaban J connectivity index is 1.73. The summed E-state index contributed by atoms with van der Waals surface area (Å²) in [7, 11) is 0. The molecule has 1 amide bonds. The van der Waals surface area contributed by atoms with Gasteiger partial charge in [0, 0.05) is 21.7 Å². The third-order valence-electron chi connectivity index (χ3n) is 4.61. The quantitative estimate of drug-likeness (QED) is 0.729. The zero-order chi connectivity index (χ0) is 18.1. The van der Waals surface area contributed by atoms with Crippen LogP contribution in [0.25, 0.3) is 16.8 Å². The highest BCUT2D eigenvalue weighted by Gasteiger charge is 2.20. The van der Waals surface area contributed by atoms with Gasteiger partial charge in [0.1, 0.15) is 12.0 Å². The molecule has 1 N–H and O–H groups in total. The molecule has 6 nitrogen and oxygen atoms in total. The van der Waals surface area contributed by atoms with Gasteiger partial charge in [-0.15, -0.1) is 10.2 Å². The maximum Gasteiger partial charge on any atom is 0.271 e. The van der Waals surface area contributed by atoms with E-state index < -0.39 is 0 Å². The maximum absolute atomic E-state index is 12.7. The molecule has 1 aliphatic carbocycles. The zero-order valence-electron chi connectivity index (χ0n) is 14.0. The van der Waals surface area contributed by atoms with Gasteiger partial charge in [-0.2, -0.15) is 9.61 Å². The molecule has 2 heterocycles. The number of hydrogen-bond donors (Lipinski definition) is 1. The number of halogens is 2. The van der Waals surface area contributed by atoms with Crippen molar-refractivity contribution in [3.05, 3.63) is 46.3 Å². The lowest BCUT2D eigenvalue weighted by atomic mass is 9.95. The van der Waals surface area contributed by atoms with Gasteiger partial charge in [-0.1, -0.05) is 42.5 Å². The first-order valence-corrected chi connectivity index (χ1v) is 9.34. The molecule has 3 aromatic rings. The minimum atomic E-state index is -0.193. The van der Waals surface area contributed by atoms with Crippen molar-refractivity contribution in [1.82, 2.24) is 25.1 Å². The van der Waals surface area contributed by atoms with E-state index in [0.717, 1.165) is 31.2 Å². The van der Waals surface area contributed by atoms with Crippen LogP contribution in [0.4, 0.5) is 0 Å². The predicted molar refractivity (Wildman–Crippen MR) is 101 cm³/mol. The van der Waals surface area contributed by atoms with E-state index in [1.165, 1.54) is 17.3 Å². The molecule has 26 heavy (non-hydrogen) atoms. The molecule has 2 aromatic heterocycles. The monoisotopic (exact) mass is 389 g/mol. The van der Waals surface area contributed by atoms with Gasteiger partial charge in [0.05, 0.1) is 0 Å². The largest absolute Gasteiger partial charge is 0.348 e. The van der Waals surface area contributed by atoms with Crippen LogP contribution in [0.3, 0.4) is 0 Å². The molecular formula is C18H17Cl2N5O. The van der Waals surface area contributed by atoms with E-state index in [4.69, 9.17) is 23.2 Å². The van der Waals surface area contributed by atoms with E-state index >= 15 is 0 Å². The number of hydrogen-bond acceptors (Lipinski definition) is 4. The van der Waals surface area contributed by atoms with E-state index in [1.54, 1.807) is 24.3 Å². The SMILES string of the molecule is O=C(NC1CCCCC1)c1cc(-c2cc(Cl)cc(Cl)c2)c2nncn2n1. The second kappa shape index (κ2) is 7.21. The standard InChI is InChI=1S/C18H17Cl2N5O/c19-12-6-11(7-13(20)8-12)15-9-16(24-25-10-21-23-17(15)25)18(26)22-14-4-2-1-3-5-14/h6-10,14H,1-5H2,(H,22,26). The van der Waals surface area contributed by atoms with Crippen LogP contribution in [0, 0.1) is 0 Å². The summed E-state index contributed by atoms with van der Waals surface area (Å²) in [6.45, 7) is 0. The van der Waals surface area contributed by atoms with Crippen molar-refractivity contribution in [2.24, 2.45) is 0 Å². The molecule has 4 rings (SSSR count). The topological polar surface area (TPSA) is 72.2 Å². The number of amides is 1. The van der Waals surface area contributed by atoms with E-state index in [-0.39, 0.29) is 11.9 Å². The number of benzene rings is 1. The normalized spacial score (nSPS) is 15.3.